The van der Waals surface area contributed by atoms with Gasteiger partial charge >= 0.3 is 0 Å². The van der Waals surface area contributed by atoms with Gasteiger partial charge in [0.1, 0.15) is 42.0 Å². The fraction of sp³-hybridized carbons (Fsp3) is 0.377. The van der Waals surface area contributed by atoms with Gasteiger partial charge in [-0.25, -0.2) is 0 Å². The quantitative estimate of drug-likeness (QED) is 0.0538. The zero-order chi connectivity index (χ0) is 49.6. The van der Waals surface area contributed by atoms with Gasteiger partial charge in [-0.2, -0.15) is 0 Å². The Kier molecular flexibility index (Phi) is 17.8. The molecule has 1 saturated heterocycles. The molecule has 6 rings (SSSR count). The number of rotatable bonds is 21. The molecule has 0 unspecified atom stereocenters. The van der Waals surface area contributed by atoms with Crippen LogP contribution in [-0.4, -0.2) is 112 Å². The van der Waals surface area contributed by atoms with Crippen LogP contribution >= 0.6 is 0 Å². The minimum atomic E-state index is -1.58. The summed E-state index contributed by atoms with van der Waals surface area (Å²) in [4.78, 5) is 98.2. The van der Waals surface area contributed by atoms with Crippen LogP contribution in [0, 0.1) is 5.92 Å². The molecule has 16 heteroatoms. The van der Waals surface area contributed by atoms with Crippen LogP contribution in [0.25, 0.3) is 21.5 Å². The summed E-state index contributed by atoms with van der Waals surface area (Å²) in [6.45, 7) is 6.75. The fourth-order valence-corrected chi connectivity index (χ4v) is 8.72. The Balaban J connectivity index is 1.26. The molecule has 1 aliphatic rings. The molecular formula is C53H63N7O9. The van der Waals surface area contributed by atoms with Crippen molar-refractivity contribution in [1.82, 2.24) is 36.8 Å². The summed E-state index contributed by atoms with van der Waals surface area (Å²) in [6.07, 6.45) is 1.25. The number of benzene rings is 5. The third-order valence-corrected chi connectivity index (χ3v) is 12.2. The molecule has 7 amide bonds. The Labute approximate surface area is 402 Å². The topological polar surface area (TPSA) is 235 Å². The van der Waals surface area contributed by atoms with Crippen molar-refractivity contribution in [2.24, 2.45) is 5.92 Å². The van der Waals surface area contributed by atoms with Crippen LogP contribution < -0.4 is 31.9 Å². The van der Waals surface area contributed by atoms with Crippen molar-refractivity contribution >= 4 is 62.9 Å². The number of phenolic OH excluding ortho intramolecular Hbond substituents is 1. The van der Waals surface area contributed by atoms with Gasteiger partial charge in [0.25, 0.3) is 0 Å². The van der Waals surface area contributed by atoms with Crippen molar-refractivity contribution in [1.29, 1.82) is 0 Å². The molecule has 0 aliphatic carbocycles. The largest absolute Gasteiger partial charge is 0.508 e. The number of nitrogens with zero attached hydrogens (tertiary/aromatic N) is 1. The van der Waals surface area contributed by atoms with Crippen molar-refractivity contribution in [2.75, 3.05) is 19.7 Å². The van der Waals surface area contributed by atoms with Gasteiger partial charge < -0.3 is 47.0 Å². The van der Waals surface area contributed by atoms with Crippen molar-refractivity contribution in [3.8, 4) is 5.75 Å². The normalized spacial score (nSPS) is 15.6. The number of hydrogen-bond donors (Lipinski definition) is 8. The fourth-order valence-electron chi connectivity index (χ4n) is 8.72. The van der Waals surface area contributed by atoms with Crippen LogP contribution in [0.1, 0.15) is 63.6 Å². The first-order chi connectivity index (χ1) is 33.1. The summed E-state index contributed by atoms with van der Waals surface area (Å²) in [5, 5.41) is 40.7. The van der Waals surface area contributed by atoms with E-state index in [1.54, 1.807) is 19.1 Å². The molecule has 1 heterocycles. The summed E-state index contributed by atoms with van der Waals surface area (Å²) in [5.74, 6) is -4.40. The Bertz CT molecular complexity index is 2640. The van der Waals surface area contributed by atoms with Gasteiger partial charge in [0.05, 0.1) is 6.61 Å². The number of hydrogen-bond acceptors (Lipinski definition) is 9. The van der Waals surface area contributed by atoms with Crippen molar-refractivity contribution in [2.45, 2.75) is 102 Å². The maximum absolute atomic E-state index is 14.6. The smallest absolute Gasteiger partial charge is 0.245 e. The van der Waals surface area contributed by atoms with E-state index < -0.39 is 78.3 Å². The minimum absolute atomic E-state index is 0.0206. The van der Waals surface area contributed by atoms with Crippen LogP contribution in [-0.2, 0) is 52.8 Å². The van der Waals surface area contributed by atoms with E-state index >= 15 is 0 Å². The van der Waals surface area contributed by atoms with Crippen molar-refractivity contribution in [3.63, 3.8) is 0 Å². The zero-order valence-corrected chi connectivity index (χ0v) is 39.5. The average molecular weight is 942 g/mol. The third kappa shape index (κ3) is 14.1. The highest BCUT2D eigenvalue weighted by molar-refractivity contribution is 5.98. The molecule has 1 fully saturated rings. The van der Waals surface area contributed by atoms with Gasteiger partial charge in [0.15, 0.2) is 0 Å². The molecule has 0 spiro atoms. The summed E-state index contributed by atoms with van der Waals surface area (Å²) < 4.78 is 0. The molecule has 0 bridgehead atoms. The number of likely N-dealkylation sites (N-methyl/N-ethyl adjacent to an activating group) is 1. The molecule has 0 radical (unpaired) electrons. The van der Waals surface area contributed by atoms with Crippen molar-refractivity contribution < 1.29 is 43.8 Å². The SMILES string of the molecule is CCNC(=O)[C@@H]1CCCN1C(=O)[C@H](CC(C)C)NC(=O)[C@H](Cc1ccc2ccccc2c1)NC(=O)[C@H](Cc1ccc(O)cc1)NC(=O)[C@H](CO)NC(=O)[C@H](Cc1ccc2ccccc2c1)NC(C)=O. The highest BCUT2D eigenvalue weighted by Gasteiger charge is 2.39. The van der Waals surface area contributed by atoms with E-state index in [4.69, 9.17) is 0 Å². The van der Waals surface area contributed by atoms with E-state index in [-0.39, 0.29) is 43.3 Å². The Morgan fingerprint density at radius 2 is 1.04 bits per heavy atom. The molecular weight excluding hydrogens is 879 g/mol. The first-order valence-corrected chi connectivity index (χ1v) is 23.5. The number of fused-ring (bicyclic) bond motifs is 2. The van der Waals surface area contributed by atoms with Crippen LogP contribution in [0.5, 0.6) is 5.75 Å². The van der Waals surface area contributed by atoms with Gasteiger partial charge in [-0.05, 0) is 82.5 Å². The molecule has 5 aromatic rings. The predicted molar refractivity (Wildman–Crippen MR) is 262 cm³/mol. The highest BCUT2D eigenvalue weighted by atomic mass is 16.3. The van der Waals surface area contributed by atoms with E-state index in [1.807, 2.05) is 98.8 Å². The van der Waals surface area contributed by atoms with E-state index in [2.05, 4.69) is 31.9 Å². The summed E-state index contributed by atoms with van der Waals surface area (Å²) in [6, 6.07) is 25.4. The lowest BCUT2D eigenvalue weighted by molar-refractivity contribution is -0.142. The van der Waals surface area contributed by atoms with E-state index in [9.17, 15) is 43.8 Å². The number of phenols is 1. The first-order valence-electron chi connectivity index (χ1n) is 23.5. The van der Waals surface area contributed by atoms with E-state index in [0.717, 1.165) is 27.1 Å². The first kappa shape index (κ1) is 51.1. The lowest BCUT2D eigenvalue weighted by Crippen LogP contribution is -2.61. The molecule has 0 saturated carbocycles. The predicted octanol–water partition coefficient (Wildman–Crippen LogP) is 3.34. The molecule has 16 nitrogen and oxygen atoms in total. The Morgan fingerprint density at radius 1 is 0.594 bits per heavy atom. The number of aliphatic hydroxyl groups excluding tert-OH is 1. The number of likely N-dealkylation sites (tertiary alicyclic amines) is 1. The minimum Gasteiger partial charge on any atom is -0.508 e. The maximum atomic E-state index is 14.6. The van der Waals surface area contributed by atoms with E-state index in [1.165, 1.54) is 24.0 Å². The second-order valence-electron chi connectivity index (χ2n) is 18.0. The molecule has 8 N–H and O–H groups in total. The maximum Gasteiger partial charge on any atom is 0.245 e. The monoisotopic (exact) mass is 941 g/mol. The zero-order valence-electron chi connectivity index (χ0n) is 39.5. The van der Waals surface area contributed by atoms with Gasteiger partial charge in [0.2, 0.25) is 41.4 Å². The van der Waals surface area contributed by atoms with Crippen molar-refractivity contribution in [3.05, 3.63) is 126 Å². The second-order valence-corrected chi connectivity index (χ2v) is 18.0. The molecule has 0 aromatic heterocycles. The number of carbonyl (C=O) groups is 7. The second kappa shape index (κ2) is 24.1. The lowest BCUT2D eigenvalue weighted by Gasteiger charge is -2.31. The summed E-state index contributed by atoms with van der Waals surface area (Å²) >= 11 is 0. The van der Waals surface area contributed by atoms with Gasteiger partial charge in [-0.1, -0.05) is 111 Å². The van der Waals surface area contributed by atoms with E-state index in [0.29, 0.717) is 37.1 Å². The standard InChI is InChI=1S/C53H63N7O9/c1-5-54-52(68)47-15-10-24-60(47)53(69)45(25-32(2)3)58-50(66)44(30-36-17-21-38-12-7-9-14-40(38)27-36)56-49(65)43(28-34-18-22-41(63)23-19-34)57-51(67)46(31-61)59-48(64)42(55-33(4)62)29-35-16-20-37-11-6-8-13-39(37)26-35/h6-9,11-14,16-23,26-27,32,42-47,61,63H,5,10,15,24-25,28-31H2,1-4H3,(H,54,68)(H,55,62)(H,56,65)(H,57,67)(H,58,66)(H,59,64)/t42-,43-,44-,45-,46-,47-/m0/s1. The number of carbonyl (C=O) groups excluding carboxylic acids is 7. The number of aromatic hydroxyl groups is 1. The number of aliphatic hydroxyl groups is 1. The Morgan fingerprint density at radius 3 is 1.54 bits per heavy atom. The highest BCUT2D eigenvalue weighted by Crippen LogP contribution is 2.22. The van der Waals surface area contributed by atoms with Crippen LogP contribution in [0.4, 0.5) is 0 Å². The summed E-state index contributed by atoms with van der Waals surface area (Å²) in [7, 11) is 0. The van der Waals surface area contributed by atoms with Gasteiger partial charge in [-0.15, -0.1) is 0 Å². The molecule has 69 heavy (non-hydrogen) atoms. The summed E-state index contributed by atoms with van der Waals surface area (Å²) in [5.41, 5.74) is 1.95. The molecule has 5 aromatic carbocycles. The Hall–Kier alpha value is -7.33. The number of amides is 7. The molecule has 6 atom stereocenters. The van der Waals surface area contributed by atoms with Crippen LogP contribution in [0.15, 0.2) is 109 Å². The molecule has 364 valence electrons. The van der Waals surface area contributed by atoms with Crippen LogP contribution in [0.3, 0.4) is 0 Å². The van der Waals surface area contributed by atoms with Crippen LogP contribution in [0.2, 0.25) is 0 Å². The van der Waals surface area contributed by atoms with Gasteiger partial charge in [0, 0.05) is 39.3 Å². The third-order valence-electron chi connectivity index (χ3n) is 12.2. The van der Waals surface area contributed by atoms with Gasteiger partial charge in [-0.3, -0.25) is 33.6 Å². The molecule has 1 aliphatic heterocycles. The average Bonchev–Trinajstić information content (AvgIpc) is 3.83. The lowest BCUT2D eigenvalue weighted by atomic mass is 9.98. The number of nitrogens with one attached hydrogen (secondary N) is 6.